The number of hydrogen-bond donors (Lipinski definition) is 1. The normalized spacial score (nSPS) is 16.4. The lowest BCUT2D eigenvalue weighted by Gasteiger charge is -2.27. The maximum Gasteiger partial charge on any atom is 0.305 e. The van der Waals surface area contributed by atoms with Crippen LogP contribution in [0.15, 0.2) is 47.6 Å². The summed E-state index contributed by atoms with van der Waals surface area (Å²) in [5, 5.41) is 15.5. The van der Waals surface area contributed by atoms with Gasteiger partial charge in [-0.05, 0) is 24.6 Å². The van der Waals surface area contributed by atoms with Crippen LogP contribution in [0.4, 0.5) is 4.39 Å². The first kappa shape index (κ1) is 25.4. The molecular formula is C24H27Cl2FN2O4. The van der Waals surface area contributed by atoms with E-state index < -0.39 is 6.10 Å². The summed E-state index contributed by atoms with van der Waals surface area (Å²) in [6.07, 6.45) is 0.281. The number of hydrogen-bond acceptors (Lipinski definition) is 6. The van der Waals surface area contributed by atoms with E-state index in [1.54, 1.807) is 30.3 Å². The summed E-state index contributed by atoms with van der Waals surface area (Å²) >= 11 is 12.1. The van der Waals surface area contributed by atoms with E-state index in [4.69, 9.17) is 32.8 Å². The molecule has 1 heterocycles. The molecule has 2 atom stereocenters. The summed E-state index contributed by atoms with van der Waals surface area (Å²) in [6, 6.07) is 11.7. The van der Waals surface area contributed by atoms with Crippen molar-refractivity contribution >= 4 is 34.9 Å². The van der Waals surface area contributed by atoms with E-state index in [1.165, 1.54) is 6.07 Å². The number of ether oxygens (including phenoxy) is 1. The Morgan fingerprint density at radius 1 is 1.30 bits per heavy atom. The number of halogens is 3. The summed E-state index contributed by atoms with van der Waals surface area (Å²) in [6.45, 7) is 2.58. The van der Waals surface area contributed by atoms with E-state index in [0.717, 1.165) is 11.3 Å². The van der Waals surface area contributed by atoms with Crippen molar-refractivity contribution in [1.29, 1.82) is 0 Å². The Labute approximate surface area is 202 Å². The Kier molecular flexibility index (Phi) is 9.50. The van der Waals surface area contributed by atoms with Crippen molar-refractivity contribution in [3.8, 4) is 0 Å². The molecule has 0 saturated carbocycles. The minimum atomic E-state index is -0.922. The first-order valence-corrected chi connectivity index (χ1v) is 11.6. The molecule has 0 aromatic heterocycles. The van der Waals surface area contributed by atoms with Crippen LogP contribution in [0, 0.1) is 5.82 Å². The molecule has 178 valence electrons. The molecule has 0 aliphatic carbocycles. The van der Waals surface area contributed by atoms with Crippen LogP contribution in [0.1, 0.15) is 37.3 Å². The highest BCUT2D eigenvalue weighted by Gasteiger charge is 2.26. The lowest BCUT2D eigenvalue weighted by atomic mass is 10.0. The number of benzene rings is 2. The summed E-state index contributed by atoms with van der Waals surface area (Å²) in [7, 11) is 0. The third-order valence-corrected chi connectivity index (χ3v) is 5.90. The molecule has 33 heavy (non-hydrogen) atoms. The highest BCUT2D eigenvalue weighted by molar-refractivity contribution is 6.42. The maximum atomic E-state index is 14.3. The summed E-state index contributed by atoms with van der Waals surface area (Å²) in [5.74, 6) is -0.678. The first-order valence-electron chi connectivity index (χ1n) is 10.8. The van der Waals surface area contributed by atoms with Crippen LogP contribution in [0.2, 0.25) is 10.0 Å². The highest BCUT2D eigenvalue weighted by Crippen LogP contribution is 2.26. The predicted molar refractivity (Wildman–Crippen MR) is 126 cm³/mol. The smallest absolute Gasteiger partial charge is 0.305 e. The van der Waals surface area contributed by atoms with E-state index >= 15 is 0 Å². The van der Waals surface area contributed by atoms with E-state index in [9.17, 15) is 14.3 Å². The van der Waals surface area contributed by atoms with Gasteiger partial charge in [-0.2, -0.15) is 0 Å². The van der Waals surface area contributed by atoms with Gasteiger partial charge < -0.3 is 14.7 Å². The molecule has 0 amide bonds. The number of rotatable bonds is 11. The van der Waals surface area contributed by atoms with Crippen LogP contribution in [0.25, 0.3) is 0 Å². The number of esters is 1. The minimum Gasteiger partial charge on any atom is -0.463 e. The number of aliphatic hydroxyl groups excluding tert-OH is 1. The van der Waals surface area contributed by atoms with Crippen LogP contribution in [0.3, 0.4) is 0 Å². The molecule has 2 aromatic carbocycles. The van der Waals surface area contributed by atoms with Gasteiger partial charge in [-0.25, -0.2) is 4.39 Å². The molecule has 2 aromatic rings. The van der Waals surface area contributed by atoms with Crippen molar-refractivity contribution in [3.05, 3.63) is 69.5 Å². The highest BCUT2D eigenvalue weighted by atomic mass is 35.5. The average molecular weight is 497 g/mol. The third kappa shape index (κ3) is 7.67. The number of carbonyl (C=O) groups excluding carboxylic acids is 1. The molecule has 0 spiro atoms. The van der Waals surface area contributed by atoms with E-state index in [-0.39, 0.29) is 37.6 Å². The van der Waals surface area contributed by atoms with Crippen LogP contribution >= 0.6 is 23.2 Å². The molecular weight excluding hydrogens is 470 g/mol. The number of carbonyl (C=O) groups is 1. The molecule has 3 rings (SSSR count). The zero-order valence-corrected chi connectivity index (χ0v) is 19.9. The summed E-state index contributed by atoms with van der Waals surface area (Å²) in [4.78, 5) is 19.1. The van der Waals surface area contributed by atoms with Gasteiger partial charge in [-0.15, -0.1) is 0 Å². The number of oxime groups is 1. The van der Waals surface area contributed by atoms with Gasteiger partial charge in [0.15, 0.2) is 0 Å². The van der Waals surface area contributed by atoms with Crippen LogP contribution < -0.4 is 0 Å². The molecule has 1 aliphatic heterocycles. The molecule has 0 unspecified atom stereocenters. The van der Waals surface area contributed by atoms with Crippen molar-refractivity contribution in [1.82, 2.24) is 4.90 Å². The van der Waals surface area contributed by atoms with Crippen LogP contribution in [0.5, 0.6) is 0 Å². The molecule has 0 saturated heterocycles. The molecule has 0 radical (unpaired) electrons. The van der Waals surface area contributed by atoms with Crippen LogP contribution in [-0.2, 0) is 20.9 Å². The second kappa shape index (κ2) is 12.3. The Bertz CT molecular complexity index is 989. The minimum absolute atomic E-state index is 0.122. The van der Waals surface area contributed by atoms with E-state index in [2.05, 4.69) is 5.16 Å². The SMILES string of the molecule is CCCC(=O)OC[C@H](O)CN(Cc1ccccc1F)C[C@@H]1CC(c2ccc(Cl)c(Cl)c2)=NO1. The zero-order chi connectivity index (χ0) is 23.8. The Hall–Kier alpha value is -2.19. The van der Waals surface area contributed by atoms with Gasteiger partial charge in [0.25, 0.3) is 0 Å². The average Bonchev–Trinajstić information content (AvgIpc) is 3.24. The quantitative estimate of drug-likeness (QED) is 0.451. The van der Waals surface area contributed by atoms with E-state index in [0.29, 0.717) is 41.4 Å². The zero-order valence-electron chi connectivity index (χ0n) is 18.3. The molecule has 9 heteroatoms. The third-order valence-electron chi connectivity index (χ3n) is 5.16. The fourth-order valence-corrected chi connectivity index (χ4v) is 3.85. The lowest BCUT2D eigenvalue weighted by molar-refractivity contribution is -0.147. The van der Waals surface area contributed by atoms with Gasteiger partial charge in [-0.1, -0.05) is 59.5 Å². The standard InChI is InChI=1S/C24H27Cl2FN2O4/c1-2-5-24(31)32-15-18(30)13-29(12-17-6-3-4-7-22(17)27)14-19-11-23(28-33-19)16-8-9-20(25)21(26)10-16/h3-4,6-10,18-19,30H,2,5,11-15H2,1H3/t18-,19+/m1/s1. The summed E-state index contributed by atoms with van der Waals surface area (Å²) < 4.78 is 19.4. The van der Waals surface area contributed by atoms with Gasteiger partial charge in [0.1, 0.15) is 24.6 Å². The van der Waals surface area contributed by atoms with Gasteiger partial charge in [0.2, 0.25) is 0 Å². The molecule has 1 aliphatic rings. The predicted octanol–water partition coefficient (Wildman–Crippen LogP) is 4.83. The van der Waals surface area contributed by atoms with Crippen molar-refractivity contribution in [3.63, 3.8) is 0 Å². The molecule has 1 N–H and O–H groups in total. The maximum absolute atomic E-state index is 14.3. The fraction of sp³-hybridized carbons (Fsp3) is 0.417. The van der Waals surface area contributed by atoms with Crippen molar-refractivity contribution in [2.45, 2.75) is 44.9 Å². The Morgan fingerprint density at radius 3 is 2.82 bits per heavy atom. The molecule has 0 fully saturated rings. The monoisotopic (exact) mass is 496 g/mol. The number of nitrogens with zero attached hydrogens (tertiary/aromatic N) is 2. The topological polar surface area (TPSA) is 71.4 Å². The van der Waals surface area contributed by atoms with Crippen LogP contribution in [-0.4, -0.2) is 53.6 Å². The van der Waals surface area contributed by atoms with Gasteiger partial charge in [-0.3, -0.25) is 9.69 Å². The first-order chi connectivity index (χ1) is 15.9. The largest absolute Gasteiger partial charge is 0.463 e. The number of aliphatic hydroxyl groups is 1. The fourth-order valence-electron chi connectivity index (χ4n) is 3.55. The molecule has 0 bridgehead atoms. The summed E-state index contributed by atoms with van der Waals surface area (Å²) in [5.41, 5.74) is 2.05. The second-order valence-electron chi connectivity index (χ2n) is 7.97. The lowest BCUT2D eigenvalue weighted by Crippen LogP contribution is -2.39. The van der Waals surface area contributed by atoms with Crippen molar-refractivity contribution < 1.29 is 23.9 Å². The van der Waals surface area contributed by atoms with E-state index in [1.807, 2.05) is 17.9 Å². The Morgan fingerprint density at radius 2 is 2.09 bits per heavy atom. The van der Waals surface area contributed by atoms with Crippen molar-refractivity contribution in [2.75, 3.05) is 19.7 Å². The van der Waals surface area contributed by atoms with Gasteiger partial charge in [0.05, 0.1) is 15.8 Å². The molecule has 6 nitrogen and oxygen atoms in total. The van der Waals surface area contributed by atoms with Crippen molar-refractivity contribution in [2.24, 2.45) is 5.16 Å². The van der Waals surface area contributed by atoms with Gasteiger partial charge >= 0.3 is 5.97 Å². The Balaban J connectivity index is 1.63. The van der Waals surface area contributed by atoms with Gasteiger partial charge in [0, 0.05) is 43.6 Å². The second-order valence-corrected chi connectivity index (χ2v) is 8.79.